The highest BCUT2D eigenvalue weighted by Crippen LogP contribution is 2.03. The molecule has 0 amide bonds. The second-order valence-electron chi connectivity index (χ2n) is 3.73. The Labute approximate surface area is 83.5 Å². The van der Waals surface area contributed by atoms with Crippen molar-refractivity contribution in [3.05, 3.63) is 0 Å². The minimum absolute atomic E-state index is 0.454. The minimum Gasteiger partial charge on any atom is -0.305 e. The van der Waals surface area contributed by atoms with Crippen LogP contribution < -0.4 is 10.6 Å². The van der Waals surface area contributed by atoms with Gasteiger partial charge in [-0.25, -0.2) is 0 Å². The molecule has 13 heavy (non-hydrogen) atoms. The third-order valence-electron chi connectivity index (χ3n) is 2.41. The van der Waals surface area contributed by atoms with Crippen molar-refractivity contribution < 1.29 is 0 Å². The first kappa shape index (κ1) is 12.9. The molecule has 0 rings (SSSR count). The Morgan fingerprint density at radius 1 is 1.00 bits per heavy atom. The first-order valence-electron chi connectivity index (χ1n) is 5.72. The van der Waals surface area contributed by atoms with Crippen LogP contribution >= 0.6 is 0 Å². The topological polar surface area (TPSA) is 24.1 Å². The molecule has 0 fully saturated rings. The van der Waals surface area contributed by atoms with Crippen molar-refractivity contribution in [2.75, 3.05) is 13.6 Å². The van der Waals surface area contributed by atoms with Crippen molar-refractivity contribution in [3.63, 3.8) is 0 Å². The molecule has 0 saturated carbocycles. The van der Waals surface area contributed by atoms with Gasteiger partial charge in [-0.15, -0.1) is 0 Å². The molecule has 0 aliphatic rings. The van der Waals surface area contributed by atoms with E-state index in [-0.39, 0.29) is 0 Å². The highest BCUT2D eigenvalue weighted by molar-refractivity contribution is 4.54. The van der Waals surface area contributed by atoms with Gasteiger partial charge in [-0.05, 0) is 26.9 Å². The summed E-state index contributed by atoms with van der Waals surface area (Å²) in [5, 5.41) is 6.58. The summed E-state index contributed by atoms with van der Waals surface area (Å²) in [7, 11) is 1.99. The average Bonchev–Trinajstić information content (AvgIpc) is 2.16. The summed E-state index contributed by atoms with van der Waals surface area (Å²) in [5.41, 5.74) is 0. The largest absolute Gasteiger partial charge is 0.305 e. The highest BCUT2D eigenvalue weighted by Gasteiger charge is 1.94. The second kappa shape index (κ2) is 10.0. The van der Waals surface area contributed by atoms with Crippen LogP contribution in [0.2, 0.25) is 0 Å². The van der Waals surface area contributed by atoms with E-state index in [1.165, 1.54) is 38.5 Å². The third kappa shape index (κ3) is 9.84. The van der Waals surface area contributed by atoms with E-state index in [1.807, 2.05) is 7.05 Å². The van der Waals surface area contributed by atoms with Crippen LogP contribution in [0.3, 0.4) is 0 Å². The Morgan fingerprint density at radius 3 is 2.23 bits per heavy atom. The summed E-state index contributed by atoms with van der Waals surface area (Å²) in [5.74, 6) is 0. The van der Waals surface area contributed by atoms with E-state index in [4.69, 9.17) is 0 Å². The van der Waals surface area contributed by atoms with Crippen molar-refractivity contribution in [2.45, 2.75) is 58.5 Å². The van der Waals surface area contributed by atoms with Crippen molar-refractivity contribution in [1.82, 2.24) is 10.6 Å². The number of unbranched alkanes of at least 4 members (excludes halogenated alkanes) is 5. The van der Waals surface area contributed by atoms with Crippen LogP contribution in [0.15, 0.2) is 0 Å². The maximum Gasteiger partial charge on any atom is 0.0540 e. The van der Waals surface area contributed by atoms with Crippen molar-refractivity contribution >= 4 is 0 Å². The average molecular weight is 186 g/mol. The normalized spacial score (nSPS) is 13.2. The SMILES string of the molecule is CCCCCCCCNC(C)NC. The second-order valence-corrected chi connectivity index (χ2v) is 3.73. The number of hydrogen-bond donors (Lipinski definition) is 2. The maximum absolute atomic E-state index is 3.41. The van der Waals surface area contributed by atoms with Gasteiger partial charge in [0.15, 0.2) is 0 Å². The molecule has 0 aliphatic heterocycles. The zero-order valence-corrected chi connectivity index (χ0v) is 9.53. The summed E-state index contributed by atoms with van der Waals surface area (Å²) in [6.07, 6.45) is 8.71. The fourth-order valence-corrected chi connectivity index (χ4v) is 1.33. The van der Waals surface area contributed by atoms with Crippen LogP contribution in [0.1, 0.15) is 52.4 Å². The number of hydrogen-bond acceptors (Lipinski definition) is 2. The summed E-state index contributed by atoms with van der Waals surface area (Å²) in [6, 6.07) is 0. The van der Waals surface area contributed by atoms with Gasteiger partial charge in [0.25, 0.3) is 0 Å². The van der Waals surface area contributed by atoms with Crippen molar-refractivity contribution in [1.29, 1.82) is 0 Å². The van der Waals surface area contributed by atoms with Crippen molar-refractivity contribution in [3.8, 4) is 0 Å². The zero-order valence-electron chi connectivity index (χ0n) is 9.53. The van der Waals surface area contributed by atoms with E-state index in [9.17, 15) is 0 Å². The quantitative estimate of drug-likeness (QED) is 0.427. The Kier molecular flexibility index (Phi) is 9.94. The molecule has 0 spiro atoms. The third-order valence-corrected chi connectivity index (χ3v) is 2.41. The summed E-state index contributed by atoms with van der Waals surface area (Å²) in [4.78, 5) is 0. The lowest BCUT2D eigenvalue weighted by molar-refractivity contribution is 0.471. The standard InChI is InChI=1S/C11H26N2/c1-4-5-6-7-8-9-10-13-11(2)12-3/h11-13H,4-10H2,1-3H3. The predicted molar refractivity (Wildman–Crippen MR) is 59.9 cm³/mol. The molecule has 2 nitrogen and oxygen atoms in total. The summed E-state index contributed by atoms with van der Waals surface area (Å²) < 4.78 is 0. The molecule has 0 aliphatic carbocycles. The Hall–Kier alpha value is -0.0800. The highest BCUT2D eigenvalue weighted by atomic mass is 15.1. The minimum atomic E-state index is 0.454. The van der Waals surface area contributed by atoms with Crippen LogP contribution in [-0.2, 0) is 0 Å². The van der Waals surface area contributed by atoms with Crippen LogP contribution in [0.4, 0.5) is 0 Å². The lowest BCUT2D eigenvalue weighted by atomic mass is 10.1. The fraction of sp³-hybridized carbons (Fsp3) is 1.00. The van der Waals surface area contributed by atoms with Crippen LogP contribution in [0.25, 0.3) is 0 Å². The summed E-state index contributed by atoms with van der Waals surface area (Å²) >= 11 is 0. The molecule has 0 aromatic rings. The van der Waals surface area contributed by atoms with E-state index in [0.717, 1.165) is 6.54 Å². The molecule has 2 heteroatoms. The van der Waals surface area contributed by atoms with Crippen molar-refractivity contribution in [2.24, 2.45) is 0 Å². The van der Waals surface area contributed by atoms with Crippen LogP contribution in [-0.4, -0.2) is 19.8 Å². The first-order valence-corrected chi connectivity index (χ1v) is 5.72. The first-order chi connectivity index (χ1) is 6.31. The molecule has 2 N–H and O–H groups in total. The van der Waals surface area contributed by atoms with E-state index < -0.39 is 0 Å². The molecule has 0 aromatic heterocycles. The van der Waals surface area contributed by atoms with E-state index >= 15 is 0 Å². The Morgan fingerprint density at radius 2 is 1.62 bits per heavy atom. The monoisotopic (exact) mass is 186 g/mol. The zero-order chi connectivity index (χ0) is 9.94. The lowest BCUT2D eigenvalue weighted by Crippen LogP contribution is -2.37. The lowest BCUT2D eigenvalue weighted by Gasteiger charge is -2.11. The molecule has 0 aromatic carbocycles. The van der Waals surface area contributed by atoms with Gasteiger partial charge in [0, 0.05) is 0 Å². The Bertz CT molecular complexity index is 94.1. The Balaban J connectivity index is 2.91. The van der Waals surface area contributed by atoms with Gasteiger partial charge in [0.05, 0.1) is 6.17 Å². The predicted octanol–water partition coefficient (Wildman–Crippen LogP) is 2.50. The van der Waals surface area contributed by atoms with Gasteiger partial charge in [-0.1, -0.05) is 39.0 Å². The molecule has 0 radical (unpaired) electrons. The molecule has 1 atom stereocenters. The number of nitrogens with one attached hydrogen (secondary N) is 2. The van der Waals surface area contributed by atoms with E-state index in [2.05, 4.69) is 24.5 Å². The summed E-state index contributed by atoms with van der Waals surface area (Å²) in [6.45, 7) is 5.56. The smallest absolute Gasteiger partial charge is 0.0540 e. The van der Waals surface area contributed by atoms with Gasteiger partial charge in [-0.2, -0.15) is 0 Å². The van der Waals surface area contributed by atoms with Gasteiger partial charge >= 0.3 is 0 Å². The fourth-order valence-electron chi connectivity index (χ4n) is 1.33. The molecule has 80 valence electrons. The molecule has 0 saturated heterocycles. The van der Waals surface area contributed by atoms with E-state index in [0.29, 0.717) is 6.17 Å². The molecular formula is C11H26N2. The van der Waals surface area contributed by atoms with Gasteiger partial charge in [0.1, 0.15) is 0 Å². The van der Waals surface area contributed by atoms with Gasteiger partial charge in [0.2, 0.25) is 0 Å². The maximum atomic E-state index is 3.41. The molecule has 0 bridgehead atoms. The molecule has 0 heterocycles. The van der Waals surface area contributed by atoms with E-state index in [1.54, 1.807) is 0 Å². The molecule has 1 unspecified atom stereocenters. The number of rotatable bonds is 9. The van der Waals surface area contributed by atoms with Crippen LogP contribution in [0.5, 0.6) is 0 Å². The van der Waals surface area contributed by atoms with Gasteiger partial charge in [-0.3, -0.25) is 0 Å². The van der Waals surface area contributed by atoms with Crippen LogP contribution in [0, 0.1) is 0 Å². The molecular weight excluding hydrogens is 160 g/mol. The van der Waals surface area contributed by atoms with Gasteiger partial charge < -0.3 is 10.6 Å².